The number of rotatable bonds is 14. The Morgan fingerprint density at radius 3 is 2.44 bits per heavy atom. The Hall–Kier alpha value is -3.89. The number of carbonyl (C=O) groups excluding carboxylic acids is 2. The van der Waals surface area contributed by atoms with Crippen molar-refractivity contribution in [3.63, 3.8) is 0 Å². The maximum Gasteiger partial charge on any atom is 0.387 e. The third-order valence-corrected chi connectivity index (χ3v) is 6.10. The predicted molar refractivity (Wildman–Crippen MR) is 148 cm³/mol. The maximum atomic E-state index is 14.0. The van der Waals surface area contributed by atoms with Gasteiger partial charge in [-0.05, 0) is 44.0 Å². The summed E-state index contributed by atoms with van der Waals surface area (Å²) in [5.41, 5.74) is 5.98. The first-order chi connectivity index (χ1) is 19.7. The molecular formula is C26H29ClF4N4O7S. The summed E-state index contributed by atoms with van der Waals surface area (Å²) < 4.78 is 92.9. The number of nitrogens with one attached hydrogen (secondary N) is 2. The van der Waals surface area contributed by atoms with Crippen molar-refractivity contribution >= 4 is 34.2 Å². The highest BCUT2D eigenvalue weighted by Crippen LogP contribution is 2.35. The number of nitrogens with zero attached hydrogens (tertiary/aromatic N) is 1. The number of nitrogens with two attached hydrogens (primary N) is 1. The molecule has 1 atom stereocenters. The normalized spacial score (nSPS) is 11.9. The molecule has 0 aliphatic rings. The molecule has 1 aromatic heterocycles. The number of benzene rings is 2. The fourth-order valence-electron chi connectivity index (χ4n) is 3.63. The molecule has 0 saturated heterocycles. The molecule has 43 heavy (non-hydrogen) atoms. The van der Waals surface area contributed by atoms with E-state index in [1.54, 1.807) is 0 Å². The first-order valence-electron chi connectivity index (χ1n) is 12.4. The second kappa shape index (κ2) is 15.5. The summed E-state index contributed by atoms with van der Waals surface area (Å²) in [5.74, 6) is -3.61. The van der Waals surface area contributed by atoms with Crippen LogP contribution in [-0.4, -0.2) is 44.7 Å². The lowest BCUT2D eigenvalue weighted by Gasteiger charge is -2.13. The standard InChI is InChI=1S/C26H28F4N4O7S.ClH/c1-14(31)23-22(24(36)32-13-16-6-8-17(27)12-18(16)28)33-25(41-23)15-7-9-19(40-26(29)30)20(11-15)39-10-4-3-5-21(35)34-42(2,37)38;/h6-9,11-12,14,26H,3-5,10,13,31H2,1-2H3,(H,32,36)(H,34,35);1H. The number of ether oxygens (including phenoxy) is 2. The quantitative estimate of drug-likeness (QED) is 0.171. The van der Waals surface area contributed by atoms with Crippen molar-refractivity contribution in [1.82, 2.24) is 15.0 Å². The molecule has 1 unspecified atom stereocenters. The highest BCUT2D eigenvalue weighted by atomic mass is 35.5. The fraction of sp³-hybridized carbons (Fsp3) is 0.346. The lowest BCUT2D eigenvalue weighted by atomic mass is 10.2. The monoisotopic (exact) mass is 652 g/mol. The molecule has 2 aromatic carbocycles. The van der Waals surface area contributed by atoms with Gasteiger partial charge in [0.25, 0.3) is 5.91 Å². The smallest absolute Gasteiger partial charge is 0.387 e. The van der Waals surface area contributed by atoms with Gasteiger partial charge in [-0.15, -0.1) is 12.4 Å². The summed E-state index contributed by atoms with van der Waals surface area (Å²) in [7, 11) is -3.68. The SMILES string of the molecule is CC(N)c1oc(-c2ccc(OC(F)F)c(OCCCCC(=O)NS(C)(=O)=O)c2)nc1C(=O)NCc1ccc(F)cc1F.Cl. The number of unbranched alkanes of at least 4 members (excludes halogenated alkanes) is 1. The Bertz CT molecular complexity index is 1540. The number of amides is 2. The zero-order valence-corrected chi connectivity index (χ0v) is 24.5. The van der Waals surface area contributed by atoms with E-state index in [2.05, 4.69) is 15.0 Å². The number of halogens is 5. The second-order valence-corrected chi connectivity index (χ2v) is 10.8. The van der Waals surface area contributed by atoms with Gasteiger partial charge in [-0.3, -0.25) is 14.3 Å². The number of hydrogen-bond acceptors (Lipinski definition) is 9. The molecule has 0 aliphatic heterocycles. The highest BCUT2D eigenvalue weighted by Gasteiger charge is 2.24. The zero-order valence-electron chi connectivity index (χ0n) is 22.9. The summed E-state index contributed by atoms with van der Waals surface area (Å²) in [6, 6.07) is 5.92. The van der Waals surface area contributed by atoms with Crippen LogP contribution in [0.4, 0.5) is 17.6 Å². The minimum atomic E-state index is -3.68. The van der Waals surface area contributed by atoms with Crippen molar-refractivity contribution in [3.8, 4) is 23.0 Å². The Kier molecular flexibility index (Phi) is 12.8. The van der Waals surface area contributed by atoms with E-state index in [4.69, 9.17) is 14.9 Å². The topological polar surface area (TPSA) is 163 Å². The van der Waals surface area contributed by atoms with E-state index in [0.29, 0.717) is 6.07 Å². The van der Waals surface area contributed by atoms with Gasteiger partial charge in [0.05, 0.1) is 18.9 Å². The van der Waals surface area contributed by atoms with Gasteiger partial charge in [0.2, 0.25) is 21.8 Å². The summed E-state index contributed by atoms with van der Waals surface area (Å²) >= 11 is 0. The predicted octanol–water partition coefficient (Wildman–Crippen LogP) is 4.22. The van der Waals surface area contributed by atoms with E-state index in [1.165, 1.54) is 31.2 Å². The van der Waals surface area contributed by atoms with Crippen LogP contribution in [0.25, 0.3) is 11.5 Å². The van der Waals surface area contributed by atoms with Gasteiger partial charge in [0.15, 0.2) is 23.0 Å². The summed E-state index contributed by atoms with van der Waals surface area (Å²) in [5, 5.41) is 2.47. The summed E-state index contributed by atoms with van der Waals surface area (Å²) in [6.45, 7) is -1.95. The Morgan fingerprint density at radius 1 is 1.09 bits per heavy atom. The van der Waals surface area contributed by atoms with Gasteiger partial charge in [-0.1, -0.05) is 6.07 Å². The van der Waals surface area contributed by atoms with Crippen LogP contribution in [-0.2, 0) is 21.4 Å². The minimum absolute atomic E-state index is 0. The number of alkyl halides is 2. The van der Waals surface area contributed by atoms with Crippen LogP contribution in [0, 0.1) is 11.6 Å². The molecular weight excluding hydrogens is 624 g/mol. The first-order valence-corrected chi connectivity index (χ1v) is 14.3. The maximum absolute atomic E-state index is 14.0. The molecule has 3 aromatic rings. The van der Waals surface area contributed by atoms with Gasteiger partial charge < -0.3 is 24.9 Å². The molecule has 1 heterocycles. The molecule has 3 rings (SSSR count). The van der Waals surface area contributed by atoms with Gasteiger partial charge in [-0.25, -0.2) is 22.2 Å². The van der Waals surface area contributed by atoms with E-state index in [1.807, 2.05) is 4.72 Å². The zero-order chi connectivity index (χ0) is 31.0. The molecule has 17 heteroatoms. The van der Waals surface area contributed by atoms with E-state index < -0.39 is 46.1 Å². The van der Waals surface area contributed by atoms with E-state index >= 15 is 0 Å². The lowest BCUT2D eigenvalue weighted by Crippen LogP contribution is -2.29. The lowest BCUT2D eigenvalue weighted by molar-refractivity contribution is -0.119. The van der Waals surface area contributed by atoms with Gasteiger partial charge in [-0.2, -0.15) is 8.78 Å². The Balaban J connectivity index is 0.00000645. The van der Waals surface area contributed by atoms with Crippen LogP contribution >= 0.6 is 12.4 Å². The Morgan fingerprint density at radius 2 is 1.81 bits per heavy atom. The van der Waals surface area contributed by atoms with Crippen molar-refractivity contribution in [2.45, 2.75) is 45.4 Å². The van der Waals surface area contributed by atoms with Crippen LogP contribution in [0.15, 0.2) is 40.8 Å². The van der Waals surface area contributed by atoms with Crippen molar-refractivity contribution in [2.75, 3.05) is 12.9 Å². The van der Waals surface area contributed by atoms with Crippen molar-refractivity contribution in [3.05, 3.63) is 65.1 Å². The summed E-state index contributed by atoms with van der Waals surface area (Å²) in [6.07, 6.45) is 1.25. The third-order valence-electron chi connectivity index (χ3n) is 5.50. The number of carbonyl (C=O) groups is 2. The van der Waals surface area contributed by atoms with Crippen LogP contribution in [0.2, 0.25) is 0 Å². The third kappa shape index (κ3) is 10.7. The van der Waals surface area contributed by atoms with Gasteiger partial charge in [0, 0.05) is 30.2 Å². The molecule has 2 amide bonds. The van der Waals surface area contributed by atoms with Crippen LogP contribution in [0.5, 0.6) is 11.5 Å². The van der Waals surface area contributed by atoms with Crippen LogP contribution < -0.4 is 25.2 Å². The van der Waals surface area contributed by atoms with Crippen molar-refractivity contribution in [2.24, 2.45) is 5.73 Å². The molecule has 0 radical (unpaired) electrons. The van der Waals surface area contributed by atoms with Crippen LogP contribution in [0.3, 0.4) is 0 Å². The van der Waals surface area contributed by atoms with E-state index in [9.17, 15) is 35.6 Å². The molecule has 4 N–H and O–H groups in total. The minimum Gasteiger partial charge on any atom is -0.490 e. The number of oxazole rings is 1. The van der Waals surface area contributed by atoms with E-state index in [0.717, 1.165) is 12.3 Å². The molecule has 0 fully saturated rings. The number of aromatic nitrogens is 1. The Labute approximate surface area is 250 Å². The fourth-order valence-corrected chi connectivity index (χ4v) is 4.14. The van der Waals surface area contributed by atoms with E-state index in [-0.39, 0.29) is 84.8 Å². The van der Waals surface area contributed by atoms with Crippen molar-refractivity contribution in [1.29, 1.82) is 0 Å². The highest BCUT2D eigenvalue weighted by molar-refractivity contribution is 7.89. The van der Waals surface area contributed by atoms with Crippen LogP contribution in [0.1, 0.15) is 54.0 Å². The average Bonchev–Trinajstić information content (AvgIpc) is 3.33. The number of hydrogen-bond donors (Lipinski definition) is 3. The molecule has 0 bridgehead atoms. The van der Waals surface area contributed by atoms with Gasteiger partial charge in [0.1, 0.15) is 11.6 Å². The second-order valence-electron chi connectivity index (χ2n) is 9.08. The van der Waals surface area contributed by atoms with Crippen molar-refractivity contribution < 1.29 is 49.5 Å². The number of sulfonamides is 1. The molecule has 0 aliphatic carbocycles. The average molecular weight is 653 g/mol. The molecule has 236 valence electrons. The molecule has 0 saturated carbocycles. The summed E-state index contributed by atoms with van der Waals surface area (Å²) in [4.78, 5) is 28.7. The molecule has 0 spiro atoms. The first kappa shape index (κ1) is 35.3. The molecule has 11 nitrogen and oxygen atoms in total. The largest absolute Gasteiger partial charge is 0.490 e. The van der Waals surface area contributed by atoms with Gasteiger partial charge >= 0.3 is 6.61 Å².